The smallest absolute Gasteiger partial charge is 0.251 e. The van der Waals surface area contributed by atoms with Crippen LogP contribution in [0.4, 0.5) is 5.82 Å². The van der Waals surface area contributed by atoms with Gasteiger partial charge in [0.25, 0.3) is 5.91 Å². The molecule has 196 valence electrons. The zero-order chi connectivity index (χ0) is 25.7. The predicted molar refractivity (Wildman–Crippen MR) is 143 cm³/mol. The summed E-state index contributed by atoms with van der Waals surface area (Å²) in [6.45, 7) is 9.63. The number of hydrogen-bond acceptors (Lipinski definition) is 8. The lowest BCUT2D eigenvalue weighted by molar-refractivity contribution is -0.0682. The van der Waals surface area contributed by atoms with Crippen LogP contribution in [0.3, 0.4) is 0 Å². The number of carbonyl (C=O) groups is 1. The maximum Gasteiger partial charge on any atom is 0.251 e. The summed E-state index contributed by atoms with van der Waals surface area (Å²) in [5.74, 6) is 1.00. The second kappa shape index (κ2) is 9.38. The maximum absolute atomic E-state index is 12.2. The number of anilines is 1. The number of ether oxygens (including phenoxy) is 2. The molecule has 5 atom stereocenters. The van der Waals surface area contributed by atoms with Crippen molar-refractivity contribution in [2.24, 2.45) is 4.99 Å². The molecule has 2 bridgehead atoms. The summed E-state index contributed by atoms with van der Waals surface area (Å²) in [7, 11) is 1.64. The summed E-state index contributed by atoms with van der Waals surface area (Å²) in [4.78, 5) is 27.5. The monoisotopic (exact) mass is 504 g/mol. The summed E-state index contributed by atoms with van der Waals surface area (Å²) in [5, 5.41) is 6.40. The van der Waals surface area contributed by atoms with Gasteiger partial charge in [-0.1, -0.05) is 12.1 Å². The average Bonchev–Trinajstić information content (AvgIpc) is 3.23. The fraction of sp³-hybridized carbons (Fsp3) is 0.536. The first kappa shape index (κ1) is 24.3. The first-order valence-electron chi connectivity index (χ1n) is 13.3. The molecule has 0 radical (unpaired) electrons. The van der Waals surface area contributed by atoms with E-state index in [1.165, 1.54) is 0 Å². The second-order valence-corrected chi connectivity index (χ2v) is 10.9. The molecule has 4 aliphatic heterocycles. The number of nitrogens with zero attached hydrogens (tertiary/aromatic N) is 4. The molecular weight excluding hydrogens is 468 g/mol. The maximum atomic E-state index is 12.2. The SMILES string of the molecule is CNC(=O)c1cccc(-c2ccc3c(n2)NC(C)(N2CC4CCC(C2)O4)N=C3N2CC(C)OC(C)C2)c1. The highest BCUT2D eigenvalue weighted by atomic mass is 16.5. The Bertz CT molecular complexity index is 1210. The Morgan fingerprint density at radius 2 is 1.78 bits per heavy atom. The van der Waals surface area contributed by atoms with E-state index >= 15 is 0 Å². The number of aliphatic imine (C=N–C) groups is 1. The Morgan fingerprint density at radius 3 is 2.49 bits per heavy atom. The molecule has 0 saturated carbocycles. The van der Waals surface area contributed by atoms with Gasteiger partial charge in [0.15, 0.2) is 5.79 Å². The normalized spacial score (nSPS) is 31.4. The van der Waals surface area contributed by atoms with Crippen LogP contribution in [-0.4, -0.2) is 90.0 Å². The molecule has 0 spiro atoms. The van der Waals surface area contributed by atoms with Crippen LogP contribution in [0.2, 0.25) is 0 Å². The summed E-state index contributed by atoms with van der Waals surface area (Å²) < 4.78 is 12.2. The molecule has 37 heavy (non-hydrogen) atoms. The molecule has 9 nitrogen and oxygen atoms in total. The number of likely N-dealkylation sites (tertiary alicyclic amines) is 1. The predicted octanol–water partition coefficient (Wildman–Crippen LogP) is 2.93. The highest BCUT2D eigenvalue weighted by Crippen LogP contribution is 2.37. The number of amidine groups is 1. The van der Waals surface area contributed by atoms with Gasteiger partial charge in [-0.2, -0.15) is 0 Å². The van der Waals surface area contributed by atoms with Gasteiger partial charge in [0, 0.05) is 44.4 Å². The molecule has 4 aliphatic rings. The molecule has 5 heterocycles. The van der Waals surface area contributed by atoms with Crippen LogP contribution in [0.25, 0.3) is 11.3 Å². The number of nitrogens with one attached hydrogen (secondary N) is 2. The Kier molecular flexibility index (Phi) is 6.17. The van der Waals surface area contributed by atoms with Crippen LogP contribution in [0, 0.1) is 0 Å². The molecule has 6 rings (SSSR count). The van der Waals surface area contributed by atoms with Crippen molar-refractivity contribution in [2.45, 2.75) is 63.8 Å². The van der Waals surface area contributed by atoms with E-state index in [1.54, 1.807) is 7.05 Å². The van der Waals surface area contributed by atoms with Crippen molar-refractivity contribution in [1.29, 1.82) is 0 Å². The molecule has 1 aromatic carbocycles. The molecule has 9 heteroatoms. The number of carbonyl (C=O) groups excluding carboxylic acids is 1. The second-order valence-electron chi connectivity index (χ2n) is 10.9. The zero-order valence-electron chi connectivity index (χ0n) is 22.0. The number of morpholine rings is 2. The zero-order valence-corrected chi connectivity index (χ0v) is 22.0. The first-order valence-corrected chi connectivity index (χ1v) is 13.3. The molecule has 3 fully saturated rings. The van der Waals surface area contributed by atoms with Gasteiger partial charge in [0.05, 0.1) is 35.7 Å². The van der Waals surface area contributed by atoms with Crippen LogP contribution < -0.4 is 10.6 Å². The van der Waals surface area contributed by atoms with E-state index < -0.39 is 5.79 Å². The van der Waals surface area contributed by atoms with Gasteiger partial charge in [0.1, 0.15) is 11.7 Å². The minimum atomic E-state index is -0.646. The van der Waals surface area contributed by atoms with Gasteiger partial charge in [-0.05, 0) is 57.9 Å². The minimum Gasteiger partial charge on any atom is -0.372 e. The van der Waals surface area contributed by atoms with Crippen molar-refractivity contribution in [3.63, 3.8) is 0 Å². The molecule has 1 amide bonds. The lowest BCUT2D eigenvalue weighted by Crippen LogP contribution is -2.60. The van der Waals surface area contributed by atoms with Crippen molar-refractivity contribution in [1.82, 2.24) is 20.1 Å². The van der Waals surface area contributed by atoms with Crippen LogP contribution in [0.15, 0.2) is 41.4 Å². The van der Waals surface area contributed by atoms with Crippen molar-refractivity contribution in [2.75, 3.05) is 38.5 Å². The van der Waals surface area contributed by atoms with Crippen molar-refractivity contribution in [3.05, 3.63) is 47.5 Å². The molecule has 2 aromatic rings. The third-order valence-electron chi connectivity index (χ3n) is 7.84. The van der Waals surface area contributed by atoms with Gasteiger partial charge in [-0.25, -0.2) is 9.98 Å². The topological polar surface area (TPSA) is 91.3 Å². The molecule has 3 saturated heterocycles. The van der Waals surface area contributed by atoms with Gasteiger partial charge in [-0.15, -0.1) is 0 Å². The Balaban J connectivity index is 1.40. The van der Waals surface area contributed by atoms with Crippen LogP contribution >= 0.6 is 0 Å². The number of pyridine rings is 1. The summed E-state index contributed by atoms with van der Waals surface area (Å²) in [5.41, 5.74) is 3.31. The number of benzene rings is 1. The molecule has 0 aliphatic carbocycles. The lowest BCUT2D eigenvalue weighted by Gasteiger charge is -2.47. The van der Waals surface area contributed by atoms with E-state index in [4.69, 9.17) is 19.5 Å². The van der Waals surface area contributed by atoms with E-state index in [0.29, 0.717) is 5.56 Å². The molecule has 2 N–H and O–H groups in total. The van der Waals surface area contributed by atoms with Crippen molar-refractivity contribution in [3.8, 4) is 11.3 Å². The minimum absolute atomic E-state index is 0.113. The summed E-state index contributed by atoms with van der Waals surface area (Å²) >= 11 is 0. The standard InChI is InChI=1S/C28H36N6O3/c1-17-13-33(14-18(2)36-17)26-23-10-11-24(19-6-5-7-20(12-19)27(35)29-4)30-25(23)31-28(3,32-26)34-15-21-8-9-22(16-34)37-21/h5-7,10-12,17-18,21-22H,8-9,13-16H2,1-4H3,(H,29,35)(H,30,31). The third-order valence-corrected chi connectivity index (χ3v) is 7.84. The van der Waals surface area contributed by atoms with Gasteiger partial charge in [-0.3, -0.25) is 9.69 Å². The van der Waals surface area contributed by atoms with E-state index in [2.05, 4.69) is 47.3 Å². The first-order chi connectivity index (χ1) is 17.8. The van der Waals surface area contributed by atoms with Gasteiger partial charge < -0.3 is 25.0 Å². The highest BCUT2D eigenvalue weighted by molar-refractivity contribution is 6.05. The number of rotatable bonds is 3. The Labute approximate surface area is 218 Å². The van der Waals surface area contributed by atoms with Crippen LogP contribution in [0.1, 0.15) is 49.5 Å². The van der Waals surface area contributed by atoms with E-state index in [-0.39, 0.29) is 30.3 Å². The molecular formula is C28H36N6O3. The van der Waals surface area contributed by atoms with E-state index in [0.717, 1.165) is 67.5 Å². The number of hydrogen-bond donors (Lipinski definition) is 2. The van der Waals surface area contributed by atoms with Gasteiger partial charge in [0.2, 0.25) is 0 Å². The summed E-state index contributed by atoms with van der Waals surface area (Å²) in [6, 6.07) is 11.7. The Hall–Kier alpha value is -3.01. The summed E-state index contributed by atoms with van der Waals surface area (Å²) in [6.07, 6.45) is 2.96. The van der Waals surface area contributed by atoms with E-state index in [1.807, 2.05) is 30.3 Å². The fourth-order valence-corrected chi connectivity index (χ4v) is 6.09. The van der Waals surface area contributed by atoms with E-state index in [9.17, 15) is 4.79 Å². The Morgan fingerprint density at radius 1 is 1.05 bits per heavy atom. The number of amides is 1. The number of fused-ring (bicyclic) bond motifs is 3. The largest absolute Gasteiger partial charge is 0.372 e. The lowest BCUT2D eigenvalue weighted by atomic mass is 10.0. The average molecular weight is 505 g/mol. The number of aromatic nitrogens is 1. The van der Waals surface area contributed by atoms with Crippen LogP contribution in [-0.2, 0) is 9.47 Å². The van der Waals surface area contributed by atoms with Crippen molar-refractivity contribution >= 4 is 17.6 Å². The quantitative estimate of drug-likeness (QED) is 0.664. The van der Waals surface area contributed by atoms with Crippen LogP contribution in [0.5, 0.6) is 0 Å². The molecule has 5 unspecified atom stereocenters. The van der Waals surface area contributed by atoms with Gasteiger partial charge >= 0.3 is 0 Å². The fourth-order valence-electron chi connectivity index (χ4n) is 6.09. The van der Waals surface area contributed by atoms with Crippen molar-refractivity contribution < 1.29 is 14.3 Å². The highest BCUT2D eigenvalue weighted by Gasteiger charge is 2.45. The third kappa shape index (κ3) is 4.60. The molecule has 1 aromatic heterocycles.